The van der Waals surface area contributed by atoms with E-state index in [1.807, 2.05) is 12.1 Å². The summed E-state index contributed by atoms with van der Waals surface area (Å²) in [5, 5.41) is 16.7. The molecule has 1 saturated heterocycles. The van der Waals surface area contributed by atoms with Crippen LogP contribution in [0.15, 0.2) is 48.5 Å². The van der Waals surface area contributed by atoms with Crippen molar-refractivity contribution < 1.29 is 19.4 Å². The van der Waals surface area contributed by atoms with Gasteiger partial charge in [0.25, 0.3) is 11.8 Å². The lowest BCUT2D eigenvalue weighted by atomic mass is 9.93. The van der Waals surface area contributed by atoms with Crippen LogP contribution in [0.25, 0.3) is 0 Å². The molecule has 1 fully saturated rings. The van der Waals surface area contributed by atoms with Crippen LogP contribution in [0, 0.1) is 0 Å². The van der Waals surface area contributed by atoms with Gasteiger partial charge in [-0.1, -0.05) is 24.3 Å². The van der Waals surface area contributed by atoms with Gasteiger partial charge in [0.1, 0.15) is 0 Å². The molecule has 4 rings (SSSR count). The molecular formula is C24H29N3O4. The summed E-state index contributed by atoms with van der Waals surface area (Å²) in [5.74, 6) is -0.311. The number of carbonyl (C=O) groups excluding carboxylic acids is 2. The Balaban J connectivity index is 1.29. The largest absolute Gasteiger partial charge is 0.390 e. The molecule has 164 valence electrons. The van der Waals surface area contributed by atoms with Crippen molar-refractivity contribution in [3.05, 3.63) is 70.8 Å². The smallest absolute Gasteiger partial charge is 0.253 e. The van der Waals surface area contributed by atoms with Crippen LogP contribution >= 0.6 is 0 Å². The molecule has 0 bridgehead atoms. The minimum absolute atomic E-state index is 0.0449. The predicted molar refractivity (Wildman–Crippen MR) is 117 cm³/mol. The molecule has 3 N–H and O–H groups in total. The monoisotopic (exact) mass is 423 g/mol. The van der Waals surface area contributed by atoms with Crippen molar-refractivity contribution in [2.24, 2.45) is 0 Å². The van der Waals surface area contributed by atoms with Crippen LogP contribution in [0.2, 0.25) is 0 Å². The van der Waals surface area contributed by atoms with Crippen LogP contribution in [-0.2, 0) is 17.7 Å². The molecule has 7 heteroatoms. The van der Waals surface area contributed by atoms with E-state index in [0.717, 1.165) is 12.8 Å². The Morgan fingerprint density at radius 1 is 1.06 bits per heavy atom. The third-order valence-electron chi connectivity index (χ3n) is 5.95. The molecule has 2 aromatic carbocycles. The molecule has 2 heterocycles. The highest BCUT2D eigenvalue weighted by Gasteiger charge is 2.25. The van der Waals surface area contributed by atoms with Gasteiger partial charge in [0.05, 0.1) is 12.7 Å². The Morgan fingerprint density at radius 3 is 2.61 bits per heavy atom. The van der Waals surface area contributed by atoms with Crippen molar-refractivity contribution in [2.45, 2.75) is 31.5 Å². The lowest BCUT2D eigenvalue weighted by Gasteiger charge is -2.30. The number of fused-ring (bicyclic) bond motifs is 1. The molecule has 2 atom stereocenters. The fourth-order valence-corrected chi connectivity index (χ4v) is 4.09. The maximum atomic E-state index is 12.6. The third-order valence-corrected chi connectivity index (χ3v) is 5.95. The molecule has 0 unspecified atom stereocenters. The first-order valence-electron chi connectivity index (χ1n) is 10.9. The molecule has 2 aromatic rings. The highest BCUT2D eigenvalue weighted by atomic mass is 16.5. The first-order chi connectivity index (χ1) is 15.1. The number of aliphatic hydroxyl groups excluding tert-OH is 1. The molecule has 0 spiro atoms. The van der Waals surface area contributed by atoms with Crippen molar-refractivity contribution in [1.82, 2.24) is 15.5 Å². The fraction of sp³-hybridized carbons (Fsp3) is 0.417. The van der Waals surface area contributed by atoms with Crippen LogP contribution in [0.5, 0.6) is 0 Å². The summed E-state index contributed by atoms with van der Waals surface area (Å²) >= 11 is 0. The number of nitrogens with zero attached hydrogens (tertiary/aromatic N) is 1. The number of hydrogen-bond acceptors (Lipinski definition) is 5. The van der Waals surface area contributed by atoms with Gasteiger partial charge in [-0.05, 0) is 48.2 Å². The zero-order chi connectivity index (χ0) is 21.6. The summed E-state index contributed by atoms with van der Waals surface area (Å²) in [6.07, 6.45) is 0.866. The van der Waals surface area contributed by atoms with E-state index in [0.29, 0.717) is 44.0 Å². The minimum atomic E-state index is -0.691. The Morgan fingerprint density at radius 2 is 1.81 bits per heavy atom. The van der Waals surface area contributed by atoms with Crippen molar-refractivity contribution in [3.8, 4) is 0 Å². The van der Waals surface area contributed by atoms with Gasteiger partial charge < -0.3 is 25.4 Å². The summed E-state index contributed by atoms with van der Waals surface area (Å²) in [7, 11) is 0. The van der Waals surface area contributed by atoms with Crippen LogP contribution in [-0.4, -0.2) is 66.8 Å². The van der Waals surface area contributed by atoms with Gasteiger partial charge in [0, 0.05) is 50.0 Å². The first-order valence-corrected chi connectivity index (χ1v) is 10.9. The lowest BCUT2D eigenvalue weighted by Crippen LogP contribution is -2.49. The molecular weight excluding hydrogens is 394 g/mol. The predicted octanol–water partition coefficient (Wildman–Crippen LogP) is 1.35. The zero-order valence-corrected chi connectivity index (χ0v) is 17.5. The molecule has 0 saturated carbocycles. The van der Waals surface area contributed by atoms with Crippen LogP contribution in [0.3, 0.4) is 0 Å². The Bertz CT molecular complexity index is 907. The van der Waals surface area contributed by atoms with Crippen molar-refractivity contribution in [1.29, 1.82) is 0 Å². The second-order valence-corrected chi connectivity index (χ2v) is 8.07. The Labute approximate surface area is 182 Å². The lowest BCUT2D eigenvalue weighted by molar-refractivity contribution is 0.0740. The van der Waals surface area contributed by atoms with Crippen molar-refractivity contribution in [2.75, 3.05) is 32.8 Å². The van der Waals surface area contributed by atoms with Crippen LogP contribution in [0.4, 0.5) is 0 Å². The number of benzene rings is 2. The zero-order valence-electron chi connectivity index (χ0n) is 17.5. The van der Waals surface area contributed by atoms with E-state index in [-0.39, 0.29) is 24.4 Å². The number of rotatable bonds is 5. The Hall–Kier alpha value is -2.74. The SMILES string of the molecule is O=C(NC[C@@H](O)[C@@H]1Cc2ccccc2CN1)c1ccc(C(=O)N2CCCOCC2)cc1. The van der Waals surface area contributed by atoms with E-state index in [4.69, 9.17) is 4.74 Å². The van der Waals surface area contributed by atoms with E-state index in [9.17, 15) is 14.7 Å². The fourth-order valence-electron chi connectivity index (χ4n) is 4.09. The molecule has 2 aliphatic heterocycles. The average molecular weight is 424 g/mol. The second kappa shape index (κ2) is 10.0. The topological polar surface area (TPSA) is 90.9 Å². The molecule has 0 aromatic heterocycles. The average Bonchev–Trinajstić information content (AvgIpc) is 3.11. The number of carbonyl (C=O) groups is 2. The molecule has 0 aliphatic carbocycles. The normalized spacial score (nSPS) is 19.8. The minimum Gasteiger partial charge on any atom is -0.390 e. The van der Waals surface area contributed by atoms with Gasteiger partial charge >= 0.3 is 0 Å². The summed E-state index contributed by atoms with van der Waals surface area (Å²) < 4.78 is 5.40. The molecule has 2 aliphatic rings. The van der Waals surface area contributed by atoms with Gasteiger partial charge in [-0.2, -0.15) is 0 Å². The van der Waals surface area contributed by atoms with E-state index in [2.05, 4.69) is 22.8 Å². The van der Waals surface area contributed by atoms with E-state index >= 15 is 0 Å². The van der Waals surface area contributed by atoms with Crippen molar-refractivity contribution in [3.63, 3.8) is 0 Å². The van der Waals surface area contributed by atoms with Gasteiger partial charge in [0.2, 0.25) is 0 Å². The van der Waals surface area contributed by atoms with Gasteiger partial charge in [0.15, 0.2) is 0 Å². The number of nitrogens with one attached hydrogen (secondary N) is 2. The molecule has 2 amide bonds. The third kappa shape index (κ3) is 5.31. The number of hydrogen-bond donors (Lipinski definition) is 3. The number of ether oxygens (including phenoxy) is 1. The van der Waals surface area contributed by atoms with E-state index < -0.39 is 6.10 Å². The second-order valence-electron chi connectivity index (χ2n) is 8.07. The highest BCUT2D eigenvalue weighted by molar-refractivity contribution is 5.97. The summed E-state index contributed by atoms with van der Waals surface area (Å²) in [4.78, 5) is 26.9. The van der Waals surface area contributed by atoms with Crippen LogP contribution < -0.4 is 10.6 Å². The first kappa shape index (κ1) is 21.5. The number of amides is 2. The summed E-state index contributed by atoms with van der Waals surface area (Å²) in [6, 6.07) is 14.7. The van der Waals surface area contributed by atoms with Gasteiger partial charge in [-0.3, -0.25) is 9.59 Å². The van der Waals surface area contributed by atoms with Gasteiger partial charge in [-0.15, -0.1) is 0 Å². The van der Waals surface area contributed by atoms with E-state index in [1.165, 1.54) is 11.1 Å². The summed E-state index contributed by atoms with van der Waals surface area (Å²) in [5.41, 5.74) is 3.50. The maximum Gasteiger partial charge on any atom is 0.253 e. The molecule has 31 heavy (non-hydrogen) atoms. The maximum absolute atomic E-state index is 12.6. The molecule has 0 radical (unpaired) electrons. The van der Waals surface area contributed by atoms with E-state index in [1.54, 1.807) is 29.2 Å². The standard InChI is InChI=1S/C24H29N3O4/c28-22(21-14-19-4-1-2-5-20(19)15-25-21)16-26-23(29)17-6-8-18(9-7-17)24(30)27-10-3-12-31-13-11-27/h1-2,4-9,21-22,25,28H,3,10-16H2,(H,26,29)/t21-,22+/m0/s1. The van der Waals surface area contributed by atoms with Gasteiger partial charge in [-0.25, -0.2) is 0 Å². The van der Waals surface area contributed by atoms with Crippen LogP contribution in [0.1, 0.15) is 38.3 Å². The molecule has 7 nitrogen and oxygen atoms in total. The Kier molecular flexibility index (Phi) is 6.96. The number of aliphatic hydroxyl groups is 1. The highest BCUT2D eigenvalue weighted by Crippen LogP contribution is 2.18. The quantitative estimate of drug-likeness (QED) is 0.676. The summed E-state index contributed by atoms with van der Waals surface area (Å²) in [6.45, 7) is 3.36. The van der Waals surface area contributed by atoms with Crippen molar-refractivity contribution >= 4 is 11.8 Å².